The maximum absolute atomic E-state index is 12.7. The number of carbonyl (C=O) groups is 2. The Labute approximate surface area is 166 Å². The standard InChI is InChI=1S/C19H16Cl2N2O4/c1-3-27-17-14(21)7-11(9-16(17)26-2)8-15-18(24)23(19(25)22-15)13-6-4-5-12(20)10-13/h4-10H,3H2,1-2H3,(H,22,25)/b15-8+. The summed E-state index contributed by atoms with van der Waals surface area (Å²) in [5.41, 5.74) is 1.08. The Morgan fingerprint density at radius 3 is 2.63 bits per heavy atom. The van der Waals surface area contributed by atoms with Gasteiger partial charge in [-0.2, -0.15) is 0 Å². The van der Waals surface area contributed by atoms with E-state index in [9.17, 15) is 9.59 Å². The number of carbonyl (C=O) groups excluding carboxylic acids is 2. The van der Waals surface area contributed by atoms with Crippen molar-refractivity contribution in [3.63, 3.8) is 0 Å². The number of imide groups is 1. The normalized spacial score (nSPS) is 15.3. The van der Waals surface area contributed by atoms with Gasteiger partial charge < -0.3 is 14.8 Å². The molecule has 3 amide bonds. The van der Waals surface area contributed by atoms with E-state index in [-0.39, 0.29) is 5.70 Å². The summed E-state index contributed by atoms with van der Waals surface area (Å²) >= 11 is 12.2. The monoisotopic (exact) mass is 406 g/mol. The fourth-order valence-corrected chi connectivity index (χ4v) is 3.12. The fraction of sp³-hybridized carbons (Fsp3) is 0.158. The third-order valence-electron chi connectivity index (χ3n) is 3.80. The number of rotatable bonds is 5. The van der Waals surface area contributed by atoms with Crippen molar-refractivity contribution in [3.8, 4) is 11.5 Å². The third-order valence-corrected chi connectivity index (χ3v) is 4.31. The number of hydrogen-bond acceptors (Lipinski definition) is 4. The molecule has 0 bridgehead atoms. The highest BCUT2D eigenvalue weighted by atomic mass is 35.5. The number of hydrogen-bond donors (Lipinski definition) is 1. The summed E-state index contributed by atoms with van der Waals surface area (Å²) in [6, 6.07) is 9.24. The summed E-state index contributed by atoms with van der Waals surface area (Å²) in [5.74, 6) is 0.358. The zero-order valence-electron chi connectivity index (χ0n) is 14.6. The van der Waals surface area contributed by atoms with Crippen LogP contribution in [0.25, 0.3) is 6.08 Å². The number of methoxy groups -OCH3 is 1. The van der Waals surface area contributed by atoms with Crippen molar-refractivity contribution >= 4 is 46.9 Å². The number of ether oxygens (including phenoxy) is 2. The highest BCUT2D eigenvalue weighted by molar-refractivity contribution is 6.33. The first-order valence-electron chi connectivity index (χ1n) is 8.07. The second-order valence-corrected chi connectivity index (χ2v) is 6.42. The number of halogens is 2. The van der Waals surface area contributed by atoms with Crippen LogP contribution < -0.4 is 19.7 Å². The lowest BCUT2D eigenvalue weighted by Crippen LogP contribution is -2.30. The molecule has 1 saturated heterocycles. The van der Waals surface area contributed by atoms with Crippen molar-refractivity contribution < 1.29 is 19.1 Å². The molecule has 0 radical (unpaired) electrons. The SMILES string of the molecule is CCOc1c(Cl)cc(/C=C2/NC(=O)N(c3cccc(Cl)c3)C2=O)cc1OC. The molecule has 8 heteroatoms. The average Bonchev–Trinajstić information content (AvgIpc) is 2.90. The van der Waals surface area contributed by atoms with Crippen LogP contribution in [-0.2, 0) is 4.79 Å². The molecule has 0 aromatic heterocycles. The van der Waals surface area contributed by atoms with Crippen LogP contribution in [-0.4, -0.2) is 25.7 Å². The summed E-state index contributed by atoms with van der Waals surface area (Å²) in [4.78, 5) is 26.0. The number of benzene rings is 2. The van der Waals surface area contributed by atoms with Crippen molar-refractivity contribution in [3.05, 3.63) is 57.7 Å². The van der Waals surface area contributed by atoms with Gasteiger partial charge in [-0.15, -0.1) is 0 Å². The van der Waals surface area contributed by atoms with Gasteiger partial charge in [-0.1, -0.05) is 29.3 Å². The van der Waals surface area contributed by atoms with Crippen LogP contribution in [0.5, 0.6) is 11.5 Å². The van der Waals surface area contributed by atoms with E-state index in [4.69, 9.17) is 32.7 Å². The number of nitrogens with one attached hydrogen (secondary N) is 1. The maximum atomic E-state index is 12.7. The molecule has 1 fully saturated rings. The van der Waals surface area contributed by atoms with Crippen LogP contribution in [0, 0.1) is 0 Å². The van der Waals surface area contributed by atoms with Gasteiger partial charge in [0.05, 0.1) is 24.4 Å². The molecular formula is C19H16Cl2N2O4. The molecule has 0 aliphatic carbocycles. The van der Waals surface area contributed by atoms with E-state index in [1.807, 2.05) is 6.92 Å². The molecule has 6 nitrogen and oxygen atoms in total. The first kappa shape index (κ1) is 19.1. The van der Waals surface area contributed by atoms with Crippen molar-refractivity contribution in [1.29, 1.82) is 0 Å². The summed E-state index contributed by atoms with van der Waals surface area (Å²) in [5, 5.41) is 3.32. The van der Waals surface area contributed by atoms with Crippen LogP contribution in [0.4, 0.5) is 10.5 Å². The second kappa shape index (κ2) is 7.90. The number of anilines is 1. The molecule has 1 aliphatic heterocycles. The molecule has 0 unspecified atom stereocenters. The van der Waals surface area contributed by atoms with E-state index in [2.05, 4.69) is 5.32 Å². The van der Waals surface area contributed by atoms with Gasteiger partial charge in [-0.25, -0.2) is 9.69 Å². The van der Waals surface area contributed by atoms with E-state index in [0.29, 0.717) is 39.4 Å². The van der Waals surface area contributed by atoms with E-state index >= 15 is 0 Å². The first-order valence-corrected chi connectivity index (χ1v) is 8.83. The highest BCUT2D eigenvalue weighted by Crippen LogP contribution is 2.37. The van der Waals surface area contributed by atoms with Gasteiger partial charge in [-0.05, 0) is 48.9 Å². The molecule has 0 saturated carbocycles. The van der Waals surface area contributed by atoms with Gasteiger partial charge in [0, 0.05) is 5.02 Å². The molecule has 27 heavy (non-hydrogen) atoms. The van der Waals surface area contributed by atoms with Crippen molar-refractivity contribution in [2.75, 3.05) is 18.6 Å². The molecule has 3 rings (SSSR count). The number of urea groups is 1. The molecule has 2 aromatic rings. The predicted molar refractivity (Wildman–Crippen MR) is 105 cm³/mol. The van der Waals surface area contributed by atoms with Crippen molar-refractivity contribution in [2.24, 2.45) is 0 Å². The van der Waals surface area contributed by atoms with Crippen LogP contribution in [0.3, 0.4) is 0 Å². The summed E-state index contributed by atoms with van der Waals surface area (Å²) < 4.78 is 10.8. The highest BCUT2D eigenvalue weighted by Gasteiger charge is 2.35. The zero-order valence-corrected chi connectivity index (χ0v) is 16.1. The predicted octanol–water partition coefficient (Wildman–Crippen LogP) is 4.50. The topological polar surface area (TPSA) is 67.9 Å². The summed E-state index contributed by atoms with van der Waals surface area (Å²) in [6.07, 6.45) is 1.52. The average molecular weight is 407 g/mol. The zero-order chi connectivity index (χ0) is 19.6. The molecule has 1 heterocycles. The van der Waals surface area contributed by atoms with Crippen LogP contribution >= 0.6 is 23.2 Å². The lowest BCUT2D eigenvalue weighted by atomic mass is 10.1. The Balaban J connectivity index is 1.95. The maximum Gasteiger partial charge on any atom is 0.333 e. The van der Waals surface area contributed by atoms with E-state index in [1.54, 1.807) is 36.4 Å². The number of nitrogens with zero attached hydrogens (tertiary/aromatic N) is 1. The summed E-state index contributed by atoms with van der Waals surface area (Å²) in [6.45, 7) is 2.27. The minimum atomic E-state index is -0.558. The first-order chi connectivity index (χ1) is 12.9. The Bertz CT molecular complexity index is 943. The Morgan fingerprint density at radius 1 is 1.19 bits per heavy atom. The summed E-state index contributed by atoms with van der Waals surface area (Å²) in [7, 11) is 1.49. The Hall–Kier alpha value is -2.70. The molecular weight excluding hydrogens is 391 g/mol. The largest absolute Gasteiger partial charge is 0.493 e. The van der Waals surface area contributed by atoms with E-state index in [1.165, 1.54) is 13.2 Å². The molecule has 0 spiro atoms. The van der Waals surface area contributed by atoms with Gasteiger partial charge in [0.2, 0.25) is 0 Å². The van der Waals surface area contributed by atoms with Gasteiger partial charge in [-0.3, -0.25) is 4.79 Å². The third kappa shape index (κ3) is 3.86. The Morgan fingerprint density at radius 2 is 1.96 bits per heavy atom. The van der Waals surface area contributed by atoms with Crippen LogP contribution in [0.15, 0.2) is 42.1 Å². The number of amides is 3. The Kier molecular flexibility index (Phi) is 5.58. The minimum absolute atomic E-state index is 0.113. The lowest BCUT2D eigenvalue weighted by Gasteiger charge is -2.12. The van der Waals surface area contributed by atoms with Gasteiger partial charge in [0.1, 0.15) is 5.70 Å². The molecule has 1 aliphatic rings. The van der Waals surface area contributed by atoms with E-state index < -0.39 is 11.9 Å². The molecule has 1 N–H and O–H groups in total. The van der Waals surface area contributed by atoms with Crippen molar-refractivity contribution in [1.82, 2.24) is 5.32 Å². The van der Waals surface area contributed by atoms with Crippen LogP contribution in [0.1, 0.15) is 12.5 Å². The second-order valence-electron chi connectivity index (χ2n) is 5.58. The molecule has 140 valence electrons. The lowest BCUT2D eigenvalue weighted by molar-refractivity contribution is -0.113. The molecule has 0 atom stereocenters. The van der Waals surface area contributed by atoms with Gasteiger partial charge in [0.25, 0.3) is 5.91 Å². The quantitative estimate of drug-likeness (QED) is 0.586. The van der Waals surface area contributed by atoms with Gasteiger partial charge >= 0.3 is 6.03 Å². The smallest absolute Gasteiger partial charge is 0.333 e. The molecule has 2 aromatic carbocycles. The minimum Gasteiger partial charge on any atom is -0.493 e. The van der Waals surface area contributed by atoms with Crippen molar-refractivity contribution in [2.45, 2.75) is 6.92 Å². The van der Waals surface area contributed by atoms with Crippen LogP contribution in [0.2, 0.25) is 10.0 Å². The fourth-order valence-electron chi connectivity index (χ4n) is 2.66. The van der Waals surface area contributed by atoms with E-state index in [0.717, 1.165) is 4.90 Å². The van der Waals surface area contributed by atoms with Gasteiger partial charge in [0.15, 0.2) is 11.5 Å².